The number of likely N-dealkylation sites (tertiary alicyclic amines) is 1. The summed E-state index contributed by atoms with van der Waals surface area (Å²) in [6, 6.07) is 22.1. The van der Waals surface area contributed by atoms with Gasteiger partial charge < -0.3 is 50.7 Å². The molecule has 3 amide bonds. The Bertz CT molecular complexity index is 3160. The zero-order chi connectivity index (χ0) is 55.4. The summed E-state index contributed by atoms with van der Waals surface area (Å²) in [6.45, 7) is 10.3. The van der Waals surface area contributed by atoms with Gasteiger partial charge in [0.1, 0.15) is 22.1 Å². The van der Waals surface area contributed by atoms with Gasteiger partial charge in [-0.1, -0.05) is 0 Å². The maximum absolute atomic E-state index is 12.3. The van der Waals surface area contributed by atoms with Gasteiger partial charge in [0.25, 0.3) is 11.8 Å². The molecule has 2 saturated heterocycles. The van der Waals surface area contributed by atoms with Gasteiger partial charge in [-0.3, -0.25) is 20.9 Å². The normalized spacial score (nSPS) is 13.6. The van der Waals surface area contributed by atoms with Gasteiger partial charge in [0.15, 0.2) is 0 Å². The van der Waals surface area contributed by atoms with Crippen LogP contribution in [0.3, 0.4) is 0 Å². The summed E-state index contributed by atoms with van der Waals surface area (Å²) in [6.07, 6.45) is 10.8. The molecular weight excluding hydrogens is 1210 g/mol. The third kappa shape index (κ3) is 17.6. The van der Waals surface area contributed by atoms with Gasteiger partial charge in [0.2, 0.25) is 11.9 Å². The number of aromatic nitrogens is 6. The zero-order valence-corrected chi connectivity index (χ0v) is 51.7. The van der Waals surface area contributed by atoms with Gasteiger partial charge in [0, 0.05) is 96.6 Å². The van der Waals surface area contributed by atoms with Crippen molar-refractivity contribution in [1.82, 2.24) is 50.8 Å². The van der Waals surface area contributed by atoms with E-state index in [1.807, 2.05) is 80.1 Å². The fourth-order valence-electron chi connectivity index (χ4n) is 8.15. The number of ether oxygens (including phenoxy) is 3. The molecule has 2 aliphatic rings. The van der Waals surface area contributed by atoms with Gasteiger partial charge in [-0.2, -0.15) is 0 Å². The van der Waals surface area contributed by atoms with E-state index in [0.29, 0.717) is 66.9 Å². The minimum absolute atomic E-state index is 0.124. The molecule has 0 bridgehead atoms. The van der Waals surface area contributed by atoms with Crippen LogP contribution in [-0.2, 0) is 21.1 Å². The van der Waals surface area contributed by atoms with Crippen molar-refractivity contribution in [3.63, 3.8) is 0 Å². The molecular formula is C55H60Br2N12O6S2Zn. The molecule has 10 rings (SSSR count). The number of piperidine rings is 2. The van der Waals surface area contributed by atoms with E-state index in [1.54, 1.807) is 79.4 Å². The molecule has 0 unspecified atom stereocenters. The molecule has 8 aromatic rings. The van der Waals surface area contributed by atoms with E-state index in [2.05, 4.69) is 86.6 Å². The summed E-state index contributed by atoms with van der Waals surface area (Å²) in [5.41, 5.74) is 7.41. The number of nitrogens with one attached hydrogen (secondary N) is 5. The standard InChI is InChI=1S/C27H32BrN5O4.C25H26N6O2S.C3H2NS.BrH.Zn/c1-27(2,3)37-26(35)33-11-9-17(10-12-33)16-36-23-14-22-19(13-21(23)28)15-30-25(32-22)31-20-7-5-18(6-8-20)24(34)29-4;1-26-23(32)17-2-4-19(5-3-17)30-25-29-14-18-12-20(24-28-10-11-34-24)22(13-21(18)31-25)33-15-16-6-8-27-9-7-16;1-2-5-3-4-1;;/h5-8,13-15,17H,9-12,16H2,1-4H3,(H,29,34)(H,30,31,32);2-5,10-14,16,27H,6-9,15H2,1H3,(H,26,32)(H,29,30,31);1-2H;1H;/q;;-1;;+2/p-1. The third-order valence-electron chi connectivity index (χ3n) is 12.2. The fraction of sp³-hybridized carbons (Fsp3) is 0.327. The molecule has 404 valence electrons. The Morgan fingerprint density at radius 2 is 1.27 bits per heavy atom. The number of halogens is 2. The average Bonchev–Trinajstić information content (AvgIpc) is 4.26. The van der Waals surface area contributed by atoms with Crippen molar-refractivity contribution in [3.05, 3.63) is 129 Å². The van der Waals surface area contributed by atoms with E-state index in [-0.39, 0.29) is 17.9 Å². The first-order valence-electron chi connectivity index (χ1n) is 25.1. The van der Waals surface area contributed by atoms with Crippen LogP contribution < -0.4 is 36.1 Å². The molecule has 2 fully saturated rings. The smallest absolute Gasteiger partial charge is 0.0221 e. The largest absolute Gasteiger partial charge is 0.394 e. The van der Waals surface area contributed by atoms with Gasteiger partial charge in [-0.25, -0.2) is 29.7 Å². The summed E-state index contributed by atoms with van der Waals surface area (Å²) in [5, 5.41) is 21.6. The molecule has 0 saturated carbocycles. The summed E-state index contributed by atoms with van der Waals surface area (Å²) < 4.78 is 18.8. The van der Waals surface area contributed by atoms with Crippen LogP contribution in [0.4, 0.5) is 28.1 Å². The summed E-state index contributed by atoms with van der Waals surface area (Å²) in [7, 11) is 3.21. The molecule has 0 atom stereocenters. The maximum atomic E-state index is 12.3. The van der Waals surface area contributed by atoms with E-state index in [1.165, 1.54) is 27.7 Å². The molecule has 4 aromatic heterocycles. The van der Waals surface area contributed by atoms with E-state index >= 15 is 0 Å². The number of nitrogens with zero attached hydrogens (tertiary/aromatic N) is 7. The Morgan fingerprint density at radius 3 is 1.76 bits per heavy atom. The molecule has 78 heavy (non-hydrogen) atoms. The first-order chi connectivity index (χ1) is 37.8. The number of rotatable bonds is 13. The Labute approximate surface area is 486 Å². The van der Waals surface area contributed by atoms with Crippen molar-refractivity contribution >= 4 is 115 Å². The molecule has 2 aliphatic heterocycles. The van der Waals surface area contributed by atoms with Gasteiger partial charge in [-0.05, 0) is 153 Å². The summed E-state index contributed by atoms with van der Waals surface area (Å²) in [5.74, 6) is 3.06. The Morgan fingerprint density at radius 1 is 0.731 bits per heavy atom. The SMILES string of the molecule is CNC(=O)c1ccc(Nc2ncc3cc(-c4nccs4)c(OCC4CCNCC4)cc3n2)cc1.CNC(=O)c1ccc(Nc2ncc3cc(Br)c(OCC4CCN(C(=O)OC(C)(C)C)CC4)cc3n2)cc1.[Zn+][Br].[c-]1nccs1. The van der Waals surface area contributed by atoms with Crippen LogP contribution in [0, 0.1) is 17.3 Å². The van der Waals surface area contributed by atoms with Crippen molar-refractivity contribution in [2.45, 2.75) is 52.1 Å². The van der Waals surface area contributed by atoms with E-state index in [9.17, 15) is 14.4 Å². The number of hydrogen-bond acceptors (Lipinski definition) is 17. The molecule has 5 N–H and O–H groups in total. The van der Waals surface area contributed by atoms with Gasteiger partial charge in [-0.15, -0.1) is 22.9 Å². The van der Waals surface area contributed by atoms with Crippen LogP contribution in [-0.4, -0.2) is 112 Å². The Balaban J connectivity index is 0.000000202. The van der Waals surface area contributed by atoms with Crippen LogP contribution in [0.25, 0.3) is 32.4 Å². The van der Waals surface area contributed by atoms with Crippen molar-refractivity contribution in [1.29, 1.82) is 0 Å². The number of fused-ring (bicyclic) bond motifs is 2. The summed E-state index contributed by atoms with van der Waals surface area (Å²) in [4.78, 5) is 63.9. The molecule has 0 radical (unpaired) electrons. The first-order valence-corrected chi connectivity index (χ1v) is 34.6. The molecule has 6 heterocycles. The number of amides is 3. The third-order valence-corrected chi connectivity index (χ3v) is 14.1. The number of hydrogen-bond donors (Lipinski definition) is 5. The monoisotopic (exact) mass is 1270 g/mol. The predicted molar refractivity (Wildman–Crippen MR) is 311 cm³/mol. The van der Waals surface area contributed by atoms with Gasteiger partial charge >= 0.3 is 36.1 Å². The quantitative estimate of drug-likeness (QED) is 0.0535. The maximum Gasteiger partial charge on any atom is -0.0221 e. The number of anilines is 4. The average molecular weight is 1270 g/mol. The van der Waals surface area contributed by atoms with E-state index < -0.39 is 5.60 Å². The summed E-state index contributed by atoms with van der Waals surface area (Å²) >= 11 is 10.9. The topological polar surface area (TPSA) is 220 Å². The van der Waals surface area contributed by atoms with E-state index in [0.717, 1.165) is 92.7 Å². The number of benzene rings is 4. The molecule has 23 heteroatoms. The number of thiazole rings is 2. The van der Waals surface area contributed by atoms with Crippen molar-refractivity contribution in [2.75, 3.05) is 64.1 Å². The second kappa shape index (κ2) is 29.7. The van der Waals surface area contributed by atoms with Crippen molar-refractivity contribution < 1.29 is 44.9 Å². The van der Waals surface area contributed by atoms with Crippen LogP contribution in [0.5, 0.6) is 11.5 Å². The minimum Gasteiger partial charge on any atom is -0.394 e. The van der Waals surface area contributed by atoms with Crippen LogP contribution >= 0.6 is 52.2 Å². The molecule has 4 aromatic carbocycles. The van der Waals surface area contributed by atoms with E-state index in [4.69, 9.17) is 19.2 Å². The minimum atomic E-state index is -0.490. The van der Waals surface area contributed by atoms with Crippen molar-refractivity contribution in [2.24, 2.45) is 11.8 Å². The molecule has 0 aliphatic carbocycles. The van der Waals surface area contributed by atoms with Crippen LogP contribution in [0.2, 0.25) is 0 Å². The van der Waals surface area contributed by atoms with Gasteiger partial charge in [0.05, 0.1) is 34.3 Å². The number of carbonyl (C=O) groups excluding carboxylic acids is 3. The molecule has 18 nitrogen and oxygen atoms in total. The zero-order valence-electron chi connectivity index (χ0n) is 44.0. The second-order valence-electron chi connectivity index (χ2n) is 18.9. The van der Waals surface area contributed by atoms with Crippen molar-refractivity contribution in [3.8, 4) is 22.1 Å². The molecule has 0 spiro atoms. The van der Waals surface area contributed by atoms with Crippen LogP contribution in [0.1, 0.15) is 67.2 Å². The Hall–Kier alpha value is -6.23. The fourth-order valence-corrected chi connectivity index (χ4v) is 9.59. The van der Waals surface area contributed by atoms with Crippen LogP contribution in [0.15, 0.2) is 113 Å². The first kappa shape index (κ1) is 59.4. The predicted octanol–water partition coefficient (Wildman–Crippen LogP) is 11.5. The number of carbonyl (C=O) groups is 3. The second-order valence-corrected chi connectivity index (χ2v) is 21.3. The Kier molecular flexibility index (Phi) is 22.6.